The molecular formula is C25H25ClN2O3. The molecule has 3 aromatic rings. The fourth-order valence-electron chi connectivity index (χ4n) is 4.15. The van der Waals surface area contributed by atoms with Gasteiger partial charge < -0.3 is 15.0 Å². The van der Waals surface area contributed by atoms with Crippen LogP contribution < -0.4 is 10.1 Å². The molecule has 1 saturated heterocycles. The predicted molar refractivity (Wildman–Crippen MR) is 124 cm³/mol. The van der Waals surface area contributed by atoms with Crippen molar-refractivity contribution in [2.24, 2.45) is 5.92 Å². The molecule has 5 nitrogen and oxygen atoms in total. The highest BCUT2D eigenvalue weighted by molar-refractivity contribution is 6.31. The van der Waals surface area contributed by atoms with Crippen LogP contribution in [0.4, 0.5) is 5.69 Å². The van der Waals surface area contributed by atoms with Crippen LogP contribution in [-0.2, 0) is 4.79 Å². The maximum Gasteiger partial charge on any atom is 0.254 e. The molecule has 1 aliphatic rings. The first-order valence-electron chi connectivity index (χ1n) is 10.4. The summed E-state index contributed by atoms with van der Waals surface area (Å²) in [7, 11) is 1.62. The van der Waals surface area contributed by atoms with E-state index in [0.717, 1.165) is 34.9 Å². The van der Waals surface area contributed by atoms with Gasteiger partial charge in [-0.15, -0.1) is 0 Å². The minimum absolute atomic E-state index is 0.0599. The lowest BCUT2D eigenvalue weighted by Crippen LogP contribution is -2.43. The van der Waals surface area contributed by atoms with E-state index in [9.17, 15) is 9.59 Å². The lowest BCUT2D eigenvalue weighted by Gasteiger charge is -2.32. The number of ether oxygens (including phenoxy) is 1. The van der Waals surface area contributed by atoms with Crippen LogP contribution in [0.2, 0.25) is 5.02 Å². The molecule has 31 heavy (non-hydrogen) atoms. The maximum absolute atomic E-state index is 13.4. The number of halogens is 1. The normalized spacial score (nSPS) is 16.2. The summed E-state index contributed by atoms with van der Waals surface area (Å²) in [5.74, 6) is 0.332. The zero-order valence-electron chi connectivity index (χ0n) is 17.7. The fraction of sp³-hybridized carbons (Fsp3) is 0.280. The molecule has 6 heteroatoms. The standard InChI is InChI=1S/C25H25ClN2O3/c1-16-9-10-18(26)14-22(16)27-24(29)17-6-5-13-28(15-17)25(30)21-11-12-23(31-2)20-8-4-3-7-19(20)21/h3-4,7-12,14,17H,5-6,13,15H2,1-2H3,(H,27,29)/t17-/m0/s1. The third kappa shape index (κ3) is 4.37. The highest BCUT2D eigenvalue weighted by Crippen LogP contribution is 2.30. The summed E-state index contributed by atoms with van der Waals surface area (Å²) < 4.78 is 5.44. The first-order chi connectivity index (χ1) is 15.0. The molecule has 0 radical (unpaired) electrons. The molecule has 3 aromatic carbocycles. The Hall–Kier alpha value is -3.05. The van der Waals surface area contributed by atoms with Gasteiger partial charge in [-0.1, -0.05) is 41.9 Å². The molecule has 1 atom stereocenters. The molecule has 0 bridgehead atoms. The maximum atomic E-state index is 13.4. The molecule has 0 saturated carbocycles. The zero-order valence-corrected chi connectivity index (χ0v) is 18.4. The summed E-state index contributed by atoms with van der Waals surface area (Å²) in [6.07, 6.45) is 1.53. The number of amides is 2. The number of benzene rings is 3. The van der Waals surface area contributed by atoms with Crippen LogP contribution in [0.15, 0.2) is 54.6 Å². The van der Waals surface area contributed by atoms with Crippen molar-refractivity contribution >= 4 is 39.9 Å². The van der Waals surface area contributed by atoms with Crippen molar-refractivity contribution in [1.82, 2.24) is 4.90 Å². The lowest BCUT2D eigenvalue weighted by atomic mass is 9.95. The van der Waals surface area contributed by atoms with Crippen molar-refractivity contribution in [2.45, 2.75) is 19.8 Å². The first-order valence-corrected chi connectivity index (χ1v) is 10.8. The molecular weight excluding hydrogens is 412 g/mol. The van der Waals surface area contributed by atoms with Crippen LogP contribution in [0.5, 0.6) is 5.75 Å². The van der Waals surface area contributed by atoms with E-state index in [4.69, 9.17) is 16.3 Å². The highest BCUT2D eigenvalue weighted by atomic mass is 35.5. The number of nitrogens with one attached hydrogen (secondary N) is 1. The molecule has 4 rings (SSSR count). The van der Waals surface area contributed by atoms with Crippen molar-refractivity contribution in [3.63, 3.8) is 0 Å². The number of hydrogen-bond donors (Lipinski definition) is 1. The second-order valence-corrected chi connectivity index (χ2v) is 8.34. The number of fused-ring (bicyclic) bond motifs is 1. The summed E-state index contributed by atoms with van der Waals surface area (Å²) in [6, 6.07) is 16.8. The van der Waals surface area contributed by atoms with Crippen molar-refractivity contribution in [3.8, 4) is 5.75 Å². The van der Waals surface area contributed by atoms with Gasteiger partial charge in [0.1, 0.15) is 5.75 Å². The molecule has 1 aliphatic heterocycles. The van der Waals surface area contributed by atoms with Gasteiger partial charge in [0, 0.05) is 34.7 Å². The Kier molecular flexibility index (Phi) is 6.14. The van der Waals surface area contributed by atoms with Gasteiger partial charge in [-0.3, -0.25) is 9.59 Å². The van der Waals surface area contributed by atoms with E-state index in [1.807, 2.05) is 49.4 Å². The molecule has 0 spiro atoms. The van der Waals surface area contributed by atoms with Gasteiger partial charge >= 0.3 is 0 Å². The number of rotatable bonds is 4. The Labute approximate surface area is 186 Å². The van der Waals surface area contributed by atoms with Crippen LogP contribution >= 0.6 is 11.6 Å². The van der Waals surface area contributed by atoms with Crippen LogP contribution in [0, 0.1) is 12.8 Å². The van der Waals surface area contributed by atoms with E-state index in [2.05, 4.69) is 5.32 Å². The number of anilines is 1. The molecule has 160 valence electrons. The number of methoxy groups -OCH3 is 1. The van der Waals surface area contributed by atoms with Crippen LogP contribution in [-0.4, -0.2) is 36.9 Å². The van der Waals surface area contributed by atoms with Crippen LogP contribution in [0.3, 0.4) is 0 Å². The van der Waals surface area contributed by atoms with Crippen molar-refractivity contribution in [2.75, 3.05) is 25.5 Å². The van der Waals surface area contributed by atoms with E-state index >= 15 is 0 Å². The van der Waals surface area contributed by atoms with Gasteiger partial charge in [0.15, 0.2) is 0 Å². The number of carbonyl (C=O) groups is 2. The second kappa shape index (κ2) is 8.98. The van der Waals surface area contributed by atoms with Gasteiger partial charge in [0.2, 0.25) is 5.91 Å². The van der Waals surface area contributed by atoms with Gasteiger partial charge in [0.05, 0.1) is 13.0 Å². The Morgan fingerprint density at radius 2 is 1.87 bits per heavy atom. The van der Waals surface area contributed by atoms with Crippen LogP contribution in [0.1, 0.15) is 28.8 Å². The van der Waals surface area contributed by atoms with Crippen molar-refractivity contribution in [3.05, 3.63) is 70.7 Å². The number of nitrogens with zero attached hydrogens (tertiary/aromatic N) is 1. The number of aryl methyl sites for hydroxylation is 1. The van der Waals surface area contributed by atoms with Gasteiger partial charge in [-0.05, 0) is 55.0 Å². The predicted octanol–water partition coefficient (Wildman–Crippen LogP) is 5.30. The topological polar surface area (TPSA) is 58.6 Å². The smallest absolute Gasteiger partial charge is 0.254 e. The molecule has 1 N–H and O–H groups in total. The third-order valence-electron chi connectivity index (χ3n) is 5.87. The van der Waals surface area contributed by atoms with Crippen molar-refractivity contribution < 1.29 is 14.3 Å². The Morgan fingerprint density at radius 3 is 2.65 bits per heavy atom. The average Bonchev–Trinajstić information content (AvgIpc) is 2.80. The van der Waals surface area contributed by atoms with E-state index < -0.39 is 0 Å². The summed E-state index contributed by atoms with van der Waals surface area (Å²) in [5, 5.41) is 5.32. The third-order valence-corrected chi connectivity index (χ3v) is 6.11. The number of carbonyl (C=O) groups excluding carboxylic acids is 2. The average molecular weight is 437 g/mol. The van der Waals surface area contributed by atoms with E-state index in [1.54, 1.807) is 24.1 Å². The fourth-order valence-corrected chi connectivity index (χ4v) is 4.32. The van der Waals surface area contributed by atoms with Gasteiger partial charge in [-0.25, -0.2) is 0 Å². The van der Waals surface area contributed by atoms with Crippen molar-refractivity contribution in [1.29, 1.82) is 0 Å². The zero-order chi connectivity index (χ0) is 22.0. The number of hydrogen-bond acceptors (Lipinski definition) is 3. The SMILES string of the molecule is COc1ccc(C(=O)N2CCC[C@H](C(=O)Nc3cc(Cl)ccc3C)C2)c2ccccc12. The van der Waals surface area contributed by atoms with Crippen LogP contribution in [0.25, 0.3) is 10.8 Å². The largest absolute Gasteiger partial charge is 0.496 e. The second-order valence-electron chi connectivity index (χ2n) is 7.90. The minimum Gasteiger partial charge on any atom is -0.496 e. The Bertz CT molecular complexity index is 1140. The van der Waals surface area contributed by atoms with Gasteiger partial charge in [0.25, 0.3) is 5.91 Å². The van der Waals surface area contributed by atoms with E-state index in [0.29, 0.717) is 29.4 Å². The number of piperidine rings is 1. The highest BCUT2D eigenvalue weighted by Gasteiger charge is 2.30. The molecule has 0 aliphatic carbocycles. The Balaban J connectivity index is 1.54. The molecule has 1 fully saturated rings. The monoisotopic (exact) mass is 436 g/mol. The molecule has 1 heterocycles. The number of likely N-dealkylation sites (tertiary alicyclic amines) is 1. The van der Waals surface area contributed by atoms with E-state index in [1.165, 1.54) is 0 Å². The summed E-state index contributed by atoms with van der Waals surface area (Å²) in [6.45, 7) is 2.96. The summed E-state index contributed by atoms with van der Waals surface area (Å²) in [4.78, 5) is 28.1. The minimum atomic E-state index is -0.263. The van der Waals surface area contributed by atoms with E-state index in [-0.39, 0.29) is 17.7 Å². The molecule has 0 unspecified atom stereocenters. The first kappa shape index (κ1) is 21.2. The van der Waals surface area contributed by atoms with Gasteiger partial charge in [-0.2, -0.15) is 0 Å². The summed E-state index contributed by atoms with van der Waals surface area (Å²) in [5.41, 5.74) is 2.29. The molecule has 0 aromatic heterocycles. The lowest BCUT2D eigenvalue weighted by molar-refractivity contribution is -0.121. The summed E-state index contributed by atoms with van der Waals surface area (Å²) >= 11 is 6.07. The molecule has 2 amide bonds. The quantitative estimate of drug-likeness (QED) is 0.603. The Morgan fingerprint density at radius 1 is 1.10 bits per heavy atom.